The predicted molar refractivity (Wildman–Crippen MR) is 167 cm³/mol. The zero-order valence-electron chi connectivity index (χ0n) is 25.6. The Labute approximate surface area is 256 Å². The van der Waals surface area contributed by atoms with Crippen LogP contribution in [0.1, 0.15) is 62.9 Å². The Morgan fingerprint density at radius 2 is 1.59 bits per heavy atom. The molecule has 2 aliphatic rings. The van der Waals surface area contributed by atoms with E-state index in [2.05, 4.69) is 0 Å². The van der Waals surface area contributed by atoms with Crippen LogP contribution in [-0.2, 0) is 42.2 Å². The fraction of sp³-hybridized carbons (Fsp3) is 0.333. The Balaban J connectivity index is 1.67. The molecule has 3 aromatic carbocycles. The largest absolute Gasteiger partial charge is 0.466 e. The molecule has 1 aliphatic heterocycles. The Kier molecular flexibility index (Phi) is 7.19. The first-order valence-corrected chi connectivity index (χ1v) is 15.0. The summed E-state index contributed by atoms with van der Waals surface area (Å²) in [4.78, 5) is 58.7. The number of carbonyl (C=O) groups excluding carboxylic acids is 4. The van der Waals surface area contributed by atoms with Crippen LogP contribution in [0.25, 0.3) is 10.9 Å². The van der Waals surface area contributed by atoms with Gasteiger partial charge in [-0.3, -0.25) is 14.4 Å². The summed E-state index contributed by atoms with van der Waals surface area (Å²) < 4.78 is 12.9. The third-order valence-corrected chi connectivity index (χ3v) is 8.68. The van der Waals surface area contributed by atoms with E-state index in [1.54, 1.807) is 38.7 Å². The van der Waals surface area contributed by atoms with Gasteiger partial charge in [0.15, 0.2) is 0 Å². The summed E-state index contributed by atoms with van der Waals surface area (Å²) in [7, 11) is 0. The molecular formula is C36H36N2O6. The molecule has 1 spiro atoms. The lowest BCUT2D eigenvalue weighted by molar-refractivity contribution is -0.155. The van der Waals surface area contributed by atoms with E-state index in [1.807, 2.05) is 72.8 Å². The molecule has 0 unspecified atom stereocenters. The molecule has 0 fully saturated rings. The number of aromatic nitrogens is 1. The van der Waals surface area contributed by atoms with E-state index in [0.29, 0.717) is 33.4 Å². The van der Waals surface area contributed by atoms with Crippen LogP contribution in [0.2, 0.25) is 0 Å². The molecule has 0 saturated carbocycles. The molecule has 1 aliphatic carbocycles. The van der Waals surface area contributed by atoms with Gasteiger partial charge in [0.2, 0.25) is 5.91 Å². The summed E-state index contributed by atoms with van der Waals surface area (Å²) in [6.07, 6.45) is -0.606. The topological polar surface area (TPSA) is 94.9 Å². The van der Waals surface area contributed by atoms with Crippen LogP contribution in [0, 0.1) is 5.92 Å². The molecule has 0 saturated heterocycles. The van der Waals surface area contributed by atoms with Gasteiger partial charge < -0.3 is 14.4 Å². The van der Waals surface area contributed by atoms with Crippen molar-refractivity contribution in [3.8, 4) is 0 Å². The molecule has 8 heteroatoms. The van der Waals surface area contributed by atoms with Gasteiger partial charge in [-0.25, -0.2) is 9.36 Å². The highest BCUT2D eigenvalue weighted by Gasteiger charge is 2.66. The number of para-hydroxylation sites is 2. The second-order valence-corrected chi connectivity index (χ2v) is 12.5. The number of esters is 1. The molecule has 226 valence electrons. The van der Waals surface area contributed by atoms with Gasteiger partial charge in [0.05, 0.1) is 30.5 Å². The first kappa shape index (κ1) is 29.4. The number of hydrogen-bond acceptors (Lipinski definition) is 6. The van der Waals surface area contributed by atoms with Gasteiger partial charge >= 0.3 is 12.1 Å². The molecule has 1 amide bonds. The smallest absolute Gasteiger partial charge is 0.419 e. The van der Waals surface area contributed by atoms with E-state index in [0.717, 1.165) is 5.56 Å². The van der Waals surface area contributed by atoms with Gasteiger partial charge in [-0.05, 0) is 63.4 Å². The first-order valence-electron chi connectivity index (χ1n) is 15.0. The summed E-state index contributed by atoms with van der Waals surface area (Å²) in [6, 6.07) is 24.3. The van der Waals surface area contributed by atoms with Crippen molar-refractivity contribution in [2.45, 2.75) is 64.5 Å². The van der Waals surface area contributed by atoms with Crippen LogP contribution < -0.4 is 4.90 Å². The zero-order chi connectivity index (χ0) is 31.4. The maximum Gasteiger partial charge on any atom is 0.419 e. The van der Waals surface area contributed by atoms with Gasteiger partial charge in [-0.15, -0.1) is 0 Å². The Morgan fingerprint density at radius 1 is 0.932 bits per heavy atom. The third kappa shape index (κ3) is 4.43. The number of rotatable bonds is 5. The summed E-state index contributed by atoms with van der Waals surface area (Å²) in [5.41, 5.74) is 1.42. The molecular weight excluding hydrogens is 556 g/mol. The highest BCUT2D eigenvalue weighted by molar-refractivity contribution is 6.16. The molecule has 8 nitrogen and oxygen atoms in total. The SMILES string of the molecule is CCOC(=O)[C@H]1Cc2c(c3ccccc3n2C(=O)OC(C)(C)C)[C@H](C(C)=O)[C@]12C(=O)N(Cc1ccccc1)c1ccccc12. The van der Waals surface area contributed by atoms with Crippen LogP contribution in [0.5, 0.6) is 0 Å². The van der Waals surface area contributed by atoms with Crippen molar-refractivity contribution in [2.24, 2.45) is 5.92 Å². The van der Waals surface area contributed by atoms with Crippen LogP contribution >= 0.6 is 0 Å². The normalized spacial score (nSPS) is 20.8. The monoisotopic (exact) mass is 592 g/mol. The number of ketones is 1. The quantitative estimate of drug-likeness (QED) is 0.252. The summed E-state index contributed by atoms with van der Waals surface area (Å²) in [5.74, 6) is -3.35. The first-order chi connectivity index (χ1) is 21.0. The second kappa shape index (κ2) is 10.8. The van der Waals surface area contributed by atoms with Crippen LogP contribution in [0.3, 0.4) is 0 Å². The minimum atomic E-state index is -1.58. The molecule has 0 radical (unpaired) electrons. The highest BCUT2D eigenvalue weighted by atomic mass is 16.6. The number of fused-ring (bicyclic) bond motifs is 5. The number of amides is 1. The Bertz CT molecular complexity index is 1800. The van der Waals surface area contributed by atoms with Crippen molar-refractivity contribution in [1.29, 1.82) is 0 Å². The highest BCUT2D eigenvalue weighted by Crippen LogP contribution is 2.60. The van der Waals surface area contributed by atoms with Crippen molar-refractivity contribution < 1.29 is 28.7 Å². The predicted octanol–water partition coefficient (Wildman–Crippen LogP) is 6.32. The number of benzene rings is 3. The molecule has 0 N–H and O–H groups in total. The number of hydrogen-bond donors (Lipinski definition) is 0. The molecule has 6 rings (SSSR count). The summed E-state index contributed by atoms with van der Waals surface area (Å²) in [5, 5.41) is 0.669. The number of ether oxygens (including phenoxy) is 2. The van der Waals surface area contributed by atoms with Gasteiger partial charge in [0.25, 0.3) is 0 Å². The fourth-order valence-corrected chi connectivity index (χ4v) is 7.22. The number of nitrogens with zero attached hydrogens (tertiary/aromatic N) is 2. The van der Waals surface area contributed by atoms with E-state index >= 15 is 4.79 Å². The van der Waals surface area contributed by atoms with Crippen LogP contribution in [0.4, 0.5) is 10.5 Å². The van der Waals surface area contributed by atoms with E-state index in [9.17, 15) is 14.4 Å². The number of Topliss-reactive ketones (excluding diaryl/α,β-unsaturated/α-hetero) is 1. The average Bonchev–Trinajstić information content (AvgIpc) is 3.43. The van der Waals surface area contributed by atoms with Crippen molar-refractivity contribution in [2.75, 3.05) is 11.5 Å². The van der Waals surface area contributed by atoms with Crippen molar-refractivity contribution in [1.82, 2.24) is 4.57 Å². The van der Waals surface area contributed by atoms with Crippen molar-refractivity contribution in [3.05, 3.63) is 101 Å². The third-order valence-electron chi connectivity index (χ3n) is 8.68. The lowest BCUT2D eigenvalue weighted by atomic mass is 9.55. The average molecular weight is 593 g/mol. The maximum absolute atomic E-state index is 15.1. The van der Waals surface area contributed by atoms with Crippen LogP contribution in [-0.4, -0.2) is 40.5 Å². The number of carbonyl (C=O) groups is 4. The van der Waals surface area contributed by atoms with Gasteiger partial charge in [0.1, 0.15) is 16.8 Å². The van der Waals surface area contributed by atoms with Gasteiger partial charge in [-0.1, -0.05) is 66.7 Å². The summed E-state index contributed by atoms with van der Waals surface area (Å²) >= 11 is 0. The Morgan fingerprint density at radius 3 is 2.27 bits per heavy atom. The number of anilines is 1. The second-order valence-electron chi connectivity index (χ2n) is 12.5. The molecule has 1 aromatic heterocycles. The van der Waals surface area contributed by atoms with Gasteiger partial charge in [0, 0.05) is 23.2 Å². The van der Waals surface area contributed by atoms with E-state index in [4.69, 9.17) is 9.47 Å². The van der Waals surface area contributed by atoms with E-state index in [-0.39, 0.29) is 31.3 Å². The fourth-order valence-electron chi connectivity index (χ4n) is 7.22. The molecule has 2 heterocycles. The lowest BCUT2D eigenvalue weighted by Gasteiger charge is -2.44. The molecule has 3 atom stereocenters. The minimum absolute atomic E-state index is 0.00508. The molecule has 44 heavy (non-hydrogen) atoms. The van der Waals surface area contributed by atoms with Crippen LogP contribution in [0.15, 0.2) is 78.9 Å². The summed E-state index contributed by atoms with van der Waals surface area (Å²) in [6.45, 7) is 8.89. The molecule has 0 bridgehead atoms. The Hall–Kier alpha value is -4.72. The lowest BCUT2D eigenvalue weighted by Crippen LogP contribution is -2.57. The van der Waals surface area contributed by atoms with E-state index in [1.165, 1.54) is 11.5 Å². The minimum Gasteiger partial charge on any atom is -0.466 e. The zero-order valence-corrected chi connectivity index (χ0v) is 25.6. The van der Waals surface area contributed by atoms with Gasteiger partial charge in [-0.2, -0.15) is 0 Å². The van der Waals surface area contributed by atoms with E-state index < -0.39 is 34.9 Å². The van der Waals surface area contributed by atoms with Crippen molar-refractivity contribution in [3.63, 3.8) is 0 Å². The molecule has 4 aromatic rings. The maximum atomic E-state index is 15.1. The van der Waals surface area contributed by atoms with Crippen molar-refractivity contribution >= 4 is 40.3 Å². The standard InChI is InChI=1S/C36H36N2O6/c1-6-43-32(40)26-20-29-30(24-16-10-12-18-27(24)38(29)34(42)44-35(3,4)5)31(22(2)39)36(26)25-17-11-13-19-28(25)37(33(36)41)21-23-14-8-7-9-15-23/h7-19,26,31H,6,20-21H2,1-5H3/t26-,31+,36-/m1/s1.